The highest BCUT2D eigenvalue weighted by molar-refractivity contribution is 5.74. The lowest BCUT2D eigenvalue weighted by Crippen LogP contribution is -2.24. The Morgan fingerprint density at radius 2 is 1.78 bits per heavy atom. The molecule has 0 heterocycles. The van der Waals surface area contributed by atoms with Crippen molar-refractivity contribution in [1.29, 1.82) is 0 Å². The monoisotopic (exact) mass is 256 g/mol. The molecule has 18 heavy (non-hydrogen) atoms. The van der Waals surface area contributed by atoms with Gasteiger partial charge in [-0.2, -0.15) is 0 Å². The van der Waals surface area contributed by atoms with Crippen LogP contribution in [-0.2, 0) is 14.3 Å². The maximum Gasteiger partial charge on any atom is 0.310 e. The molecule has 104 valence electrons. The highest BCUT2D eigenvalue weighted by Gasteiger charge is 2.20. The third-order valence-electron chi connectivity index (χ3n) is 2.13. The number of rotatable bonds is 6. The van der Waals surface area contributed by atoms with Crippen molar-refractivity contribution < 1.29 is 19.4 Å². The highest BCUT2D eigenvalue weighted by Crippen LogP contribution is 2.14. The molecule has 0 aliphatic rings. The summed E-state index contributed by atoms with van der Waals surface area (Å²) in [7, 11) is 0. The second-order valence-electron chi connectivity index (χ2n) is 5.70. The molecular formula is C14H24O4. The van der Waals surface area contributed by atoms with E-state index < -0.39 is 17.5 Å². The molecule has 0 amide bonds. The fourth-order valence-corrected chi connectivity index (χ4v) is 1.32. The normalized spacial score (nSPS) is 13.9. The summed E-state index contributed by atoms with van der Waals surface area (Å²) in [5.41, 5.74) is -0.524. The minimum absolute atomic E-state index is 0.122. The highest BCUT2D eigenvalue weighted by atomic mass is 16.6. The zero-order chi connectivity index (χ0) is 14.3. The van der Waals surface area contributed by atoms with Crippen molar-refractivity contribution in [3.8, 4) is 0 Å². The molecule has 0 radical (unpaired) electrons. The largest absolute Gasteiger partial charge is 0.481 e. The van der Waals surface area contributed by atoms with E-state index >= 15 is 0 Å². The van der Waals surface area contributed by atoms with E-state index in [-0.39, 0.29) is 18.8 Å². The number of aliphatic carboxylic acids is 1. The topological polar surface area (TPSA) is 63.6 Å². The first-order valence-corrected chi connectivity index (χ1v) is 6.25. The molecule has 0 bridgehead atoms. The summed E-state index contributed by atoms with van der Waals surface area (Å²) in [6, 6.07) is 0. The molecule has 4 nitrogen and oxygen atoms in total. The summed E-state index contributed by atoms with van der Waals surface area (Å²) in [6.07, 6.45) is 3.88. The number of allylic oxidation sites excluding steroid dienone is 1. The van der Waals surface area contributed by atoms with E-state index in [2.05, 4.69) is 0 Å². The van der Waals surface area contributed by atoms with Gasteiger partial charge >= 0.3 is 11.9 Å². The molecule has 0 saturated heterocycles. The Labute approximate surface area is 109 Å². The molecule has 0 saturated carbocycles. The summed E-state index contributed by atoms with van der Waals surface area (Å²) >= 11 is 0. The summed E-state index contributed by atoms with van der Waals surface area (Å²) < 4.78 is 5.14. The Morgan fingerprint density at radius 3 is 2.17 bits per heavy atom. The van der Waals surface area contributed by atoms with Gasteiger partial charge in [0.15, 0.2) is 0 Å². The van der Waals surface area contributed by atoms with Crippen molar-refractivity contribution in [3.63, 3.8) is 0 Å². The Bertz CT molecular complexity index is 310. The summed E-state index contributed by atoms with van der Waals surface area (Å²) in [5, 5.41) is 9.03. The van der Waals surface area contributed by atoms with Crippen molar-refractivity contribution in [2.75, 3.05) is 0 Å². The number of carbonyl (C=O) groups excluding carboxylic acids is 1. The maximum absolute atomic E-state index is 11.5. The van der Waals surface area contributed by atoms with Crippen molar-refractivity contribution in [2.24, 2.45) is 11.8 Å². The standard InChI is InChI=1S/C14H24O4/c1-10(2)6-7-11(13(16)17)8-9-12(15)18-14(3,4)5/h6-7,10-11H,8-9H2,1-5H3,(H,16,17)/b7-6+/t11-/m0/s1. The van der Waals surface area contributed by atoms with E-state index in [1.54, 1.807) is 26.8 Å². The van der Waals surface area contributed by atoms with Gasteiger partial charge in [-0.1, -0.05) is 26.0 Å². The van der Waals surface area contributed by atoms with Crippen LogP contribution < -0.4 is 0 Å². The Balaban J connectivity index is 4.29. The van der Waals surface area contributed by atoms with Gasteiger partial charge in [0.1, 0.15) is 5.60 Å². The second-order valence-corrected chi connectivity index (χ2v) is 5.70. The average Bonchev–Trinajstić information content (AvgIpc) is 2.13. The lowest BCUT2D eigenvalue weighted by Gasteiger charge is -2.19. The van der Waals surface area contributed by atoms with E-state index in [1.807, 2.05) is 19.9 Å². The van der Waals surface area contributed by atoms with Crippen LogP contribution in [0.2, 0.25) is 0 Å². The molecule has 1 N–H and O–H groups in total. The van der Waals surface area contributed by atoms with Crippen LogP contribution in [0.3, 0.4) is 0 Å². The van der Waals surface area contributed by atoms with Gasteiger partial charge in [0.25, 0.3) is 0 Å². The van der Waals surface area contributed by atoms with Crippen LogP contribution >= 0.6 is 0 Å². The predicted molar refractivity (Wildman–Crippen MR) is 70.2 cm³/mol. The number of carbonyl (C=O) groups is 2. The minimum Gasteiger partial charge on any atom is -0.481 e. The van der Waals surface area contributed by atoms with E-state index in [1.165, 1.54) is 0 Å². The second kappa shape index (κ2) is 7.19. The smallest absolute Gasteiger partial charge is 0.310 e. The number of hydrogen-bond donors (Lipinski definition) is 1. The summed E-state index contributed by atoms with van der Waals surface area (Å²) in [4.78, 5) is 22.5. The Morgan fingerprint density at radius 1 is 1.22 bits per heavy atom. The van der Waals surface area contributed by atoms with E-state index in [4.69, 9.17) is 9.84 Å². The molecule has 0 aromatic heterocycles. The molecule has 0 aliphatic heterocycles. The van der Waals surface area contributed by atoms with Crippen LogP contribution in [0.5, 0.6) is 0 Å². The number of carboxylic acid groups (broad SMARTS) is 1. The number of carboxylic acids is 1. The van der Waals surface area contributed by atoms with Crippen LogP contribution in [0.25, 0.3) is 0 Å². The molecule has 1 atom stereocenters. The van der Waals surface area contributed by atoms with Crippen molar-refractivity contribution in [1.82, 2.24) is 0 Å². The van der Waals surface area contributed by atoms with Crippen molar-refractivity contribution >= 4 is 11.9 Å². The fourth-order valence-electron chi connectivity index (χ4n) is 1.32. The lowest BCUT2D eigenvalue weighted by atomic mass is 10.0. The molecular weight excluding hydrogens is 232 g/mol. The SMILES string of the molecule is CC(C)/C=C/[C@@H](CCC(=O)OC(C)(C)C)C(=O)O. The van der Waals surface area contributed by atoms with Gasteiger partial charge in [-0.25, -0.2) is 0 Å². The van der Waals surface area contributed by atoms with Crippen LogP contribution in [0.1, 0.15) is 47.5 Å². The van der Waals surface area contributed by atoms with Crippen LogP contribution in [0.15, 0.2) is 12.2 Å². The average molecular weight is 256 g/mol. The lowest BCUT2D eigenvalue weighted by molar-refractivity contribution is -0.155. The van der Waals surface area contributed by atoms with E-state index in [0.29, 0.717) is 5.92 Å². The minimum atomic E-state index is -0.907. The summed E-state index contributed by atoms with van der Waals surface area (Å²) in [5.74, 6) is -1.59. The van der Waals surface area contributed by atoms with E-state index in [9.17, 15) is 9.59 Å². The third kappa shape index (κ3) is 8.79. The van der Waals surface area contributed by atoms with Gasteiger partial charge in [0, 0.05) is 6.42 Å². The first kappa shape index (κ1) is 16.7. The zero-order valence-electron chi connectivity index (χ0n) is 11.9. The molecule has 0 aromatic carbocycles. The predicted octanol–water partition coefficient (Wildman–Crippen LogP) is 3.02. The Hall–Kier alpha value is -1.32. The quantitative estimate of drug-likeness (QED) is 0.586. The van der Waals surface area contributed by atoms with E-state index in [0.717, 1.165) is 0 Å². The van der Waals surface area contributed by atoms with Gasteiger partial charge in [0.2, 0.25) is 0 Å². The van der Waals surface area contributed by atoms with Crippen LogP contribution in [0.4, 0.5) is 0 Å². The molecule has 0 unspecified atom stereocenters. The van der Waals surface area contributed by atoms with Gasteiger partial charge in [-0.3, -0.25) is 9.59 Å². The number of hydrogen-bond acceptors (Lipinski definition) is 3. The maximum atomic E-state index is 11.5. The van der Waals surface area contributed by atoms with Gasteiger partial charge in [-0.05, 0) is 33.1 Å². The summed E-state index contributed by atoms with van der Waals surface area (Å²) in [6.45, 7) is 9.32. The molecule has 0 aliphatic carbocycles. The van der Waals surface area contributed by atoms with Crippen molar-refractivity contribution in [3.05, 3.63) is 12.2 Å². The molecule has 0 aromatic rings. The molecule has 0 rings (SSSR count). The molecule has 4 heteroatoms. The molecule has 0 spiro atoms. The van der Waals surface area contributed by atoms with Crippen molar-refractivity contribution in [2.45, 2.75) is 53.1 Å². The van der Waals surface area contributed by atoms with Gasteiger partial charge in [0.05, 0.1) is 5.92 Å². The first-order chi connectivity index (χ1) is 8.11. The van der Waals surface area contributed by atoms with Crippen LogP contribution in [0, 0.1) is 11.8 Å². The fraction of sp³-hybridized carbons (Fsp3) is 0.714. The Kier molecular flexibility index (Phi) is 6.66. The molecule has 0 fully saturated rings. The van der Waals surface area contributed by atoms with Gasteiger partial charge in [-0.15, -0.1) is 0 Å². The number of ether oxygens (including phenoxy) is 1. The third-order valence-corrected chi connectivity index (χ3v) is 2.13. The first-order valence-electron chi connectivity index (χ1n) is 6.25. The van der Waals surface area contributed by atoms with Crippen LogP contribution in [-0.4, -0.2) is 22.6 Å². The zero-order valence-corrected chi connectivity index (χ0v) is 11.9. The number of esters is 1. The van der Waals surface area contributed by atoms with Gasteiger partial charge < -0.3 is 9.84 Å².